The molecule has 0 atom stereocenters. The monoisotopic (exact) mass is 264 g/mol. The molecule has 1 aliphatic heterocycles. The summed E-state index contributed by atoms with van der Waals surface area (Å²) in [4.78, 5) is 25.2. The van der Waals surface area contributed by atoms with Crippen molar-refractivity contribution in [3.63, 3.8) is 0 Å². The smallest absolute Gasteiger partial charge is 0.248 e. The molecule has 1 fully saturated rings. The van der Waals surface area contributed by atoms with E-state index in [0.29, 0.717) is 13.0 Å². The van der Waals surface area contributed by atoms with Crippen LogP contribution >= 0.6 is 0 Å². The van der Waals surface area contributed by atoms with Gasteiger partial charge in [-0.2, -0.15) is 0 Å². The maximum atomic E-state index is 13.0. The number of amides is 2. The third-order valence-electron chi connectivity index (χ3n) is 3.17. The highest BCUT2D eigenvalue weighted by Crippen LogP contribution is 2.14. The van der Waals surface area contributed by atoms with E-state index in [1.165, 1.54) is 17.0 Å². The third kappa shape index (κ3) is 3.10. The summed E-state index contributed by atoms with van der Waals surface area (Å²) in [6.45, 7) is 3.85. The van der Waals surface area contributed by atoms with E-state index in [0.717, 1.165) is 5.56 Å². The van der Waals surface area contributed by atoms with Crippen molar-refractivity contribution >= 4 is 11.8 Å². The minimum atomic E-state index is -0.864. The minimum absolute atomic E-state index is 0.0670. The molecular formula is C14H17FN2O2. The molecule has 5 heteroatoms. The topological polar surface area (TPSA) is 49.4 Å². The number of hydrogen-bond acceptors (Lipinski definition) is 2. The normalized spacial score (nSPS) is 18.4. The van der Waals surface area contributed by atoms with Crippen LogP contribution in [0.5, 0.6) is 0 Å². The predicted molar refractivity (Wildman–Crippen MR) is 68.9 cm³/mol. The van der Waals surface area contributed by atoms with Crippen LogP contribution < -0.4 is 5.32 Å². The molecule has 0 aliphatic carbocycles. The fourth-order valence-corrected chi connectivity index (χ4v) is 2.22. The first-order chi connectivity index (χ1) is 8.88. The van der Waals surface area contributed by atoms with Gasteiger partial charge in [0.25, 0.3) is 0 Å². The van der Waals surface area contributed by atoms with E-state index in [2.05, 4.69) is 5.32 Å². The van der Waals surface area contributed by atoms with Gasteiger partial charge in [0.15, 0.2) is 0 Å². The Morgan fingerprint density at radius 2 is 2.11 bits per heavy atom. The Hall–Kier alpha value is -1.91. The van der Waals surface area contributed by atoms with Crippen LogP contribution in [0, 0.1) is 5.82 Å². The zero-order valence-corrected chi connectivity index (χ0v) is 11.1. The second kappa shape index (κ2) is 4.99. The molecule has 1 heterocycles. The molecule has 2 rings (SSSR count). The predicted octanol–water partition coefficient (Wildman–Crippen LogP) is 1.11. The zero-order chi connectivity index (χ0) is 14.0. The van der Waals surface area contributed by atoms with Gasteiger partial charge in [0.1, 0.15) is 11.4 Å². The Morgan fingerprint density at radius 3 is 2.79 bits per heavy atom. The molecule has 0 aromatic heterocycles. The van der Waals surface area contributed by atoms with Gasteiger partial charge < -0.3 is 10.2 Å². The van der Waals surface area contributed by atoms with Crippen molar-refractivity contribution in [2.24, 2.45) is 0 Å². The van der Waals surface area contributed by atoms with Crippen LogP contribution in [0.4, 0.5) is 4.39 Å². The van der Waals surface area contributed by atoms with E-state index in [4.69, 9.17) is 0 Å². The summed E-state index contributed by atoms with van der Waals surface area (Å²) in [6, 6.07) is 6.27. The van der Waals surface area contributed by atoms with Crippen molar-refractivity contribution in [1.29, 1.82) is 0 Å². The molecule has 0 spiro atoms. The Kier molecular flexibility index (Phi) is 3.55. The maximum Gasteiger partial charge on any atom is 0.248 e. The Bertz CT molecular complexity index is 514. The number of nitrogens with zero attached hydrogens (tertiary/aromatic N) is 1. The molecule has 102 valence electrons. The number of halogens is 1. The molecule has 1 aromatic rings. The molecule has 0 radical (unpaired) electrons. The van der Waals surface area contributed by atoms with Gasteiger partial charge in [0.2, 0.25) is 11.8 Å². The van der Waals surface area contributed by atoms with Crippen molar-refractivity contribution in [3.05, 3.63) is 35.6 Å². The van der Waals surface area contributed by atoms with Crippen LogP contribution in [0.15, 0.2) is 24.3 Å². The lowest BCUT2D eigenvalue weighted by molar-refractivity contribution is -0.148. The fourth-order valence-electron chi connectivity index (χ4n) is 2.22. The van der Waals surface area contributed by atoms with Gasteiger partial charge in [0, 0.05) is 6.54 Å². The molecule has 0 saturated carbocycles. The third-order valence-corrected chi connectivity index (χ3v) is 3.17. The summed E-state index contributed by atoms with van der Waals surface area (Å²) in [5, 5.41) is 2.65. The SMILES string of the molecule is CC1(C)NC(=O)CN(CCc2cccc(F)c2)C1=O. The summed E-state index contributed by atoms with van der Waals surface area (Å²) < 4.78 is 13.0. The molecule has 2 amide bonds. The van der Waals surface area contributed by atoms with Crippen molar-refractivity contribution < 1.29 is 14.0 Å². The number of carbonyl (C=O) groups excluding carboxylic acids is 2. The van der Waals surface area contributed by atoms with Gasteiger partial charge in [-0.3, -0.25) is 9.59 Å². The van der Waals surface area contributed by atoms with Crippen LogP contribution in [0.25, 0.3) is 0 Å². The average molecular weight is 264 g/mol. The number of rotatable bonds is 3. The molecule has 1 saturated heterocycles. The van der Waals surface area contributed by atoms with Crippen molar-refractivity contribution in [1.82, 2.24) is 10.2 Å². The first-order valence-corrected chi connectivity index (χ1v) is 6.23. The minimum Gasteiger partial charge on any atom is -0.341 e. The van der Waals surface area contributed by atoms with Crippen molar-refractivity contribution in [2.75, 3.05) is 13.1 Å². The lowest BCUT2D eigenvalue weighted by Crippen LogP contribution is -2.64. The van der Waals surface area contributed by atoms with E-state index in [1.54, 1.807) is 19.9 Å². The molecule has 1 aliphatic rings. The van der Waals surface area contributed by atoms with Crippen LogP contribution in [0.1, 0.15) is 19.4 Å². The number of benzene rings is 1. The summed E-state index contributed by atoms with van der Waals surface area (Å²) in [5.41, 5.74) is -0.0475. The molecule has 1 N–H and O–H groups in total. The lowest BCUT2D eigenvalue weighted by atomic mass is 10.00. The highest BCUT2D eigenvalue weighted by atomic mass is 19.1. The summed E-state index contributed by atoms with van der Waals surface area (Å²) in [5.74, 6) is -0.562. The zero-order valence-electron chi connectivity index (χ0n) is 11.1. The van der Waals surface area contributed by atoms with E-state index in [-0.39, 0.29) is 24.2 Å². The standard InChI is InChI=1S/C14H17FN2O2/c1-14(2)13(19)17(9-12(18)16-14)7-6-10-4-3-5-11(15)8-10/h3-5,8H,6-7,9H2,1-2H3,(H,16,18). The van der Waals surface area contributed by atoms with E-state index >= 15 is 0 Å². The summed E-state index contributed by atoms with van der Waals surface area (Å²) >= 11 is 0. The highest BCUT2D eigenvalue weighted by molar-refractivity contribution is 5.97. The molecule has 19 heavy (non-hydrogen) atoms. The van der Waals surface area contributed by atoms with Gasteiger partial charge in [-0.05, 0) is 38.0 Å². The second-order valence-corrected chi connectivity index (χ2v) is 5.28. The van der Waals surface area contributed by atoms with Gasteiger partial charge >= 0.3 is 0 Å². The first kappa shape index (κ1) is 13.5. The van der Waals surface area contributed by atoms with Crippen molar-refractivity contribution in [3.8, 4) is 0 Å². The number of hydrogen-bond donors (Lipinski definition) is 1. The Labute approximate surface area is 111 Å². The maximum absolute atomic E-state index is 13.0. The highest BCUT2D eigenvalue weighted by Gasteiger charge is 2.38. The van der Waals surface area contributed by atoms with Gasteiger partial charge in [0.05, 0.1) is 6.54 Å². The molecule has 4 nitrogen and oxygen atoms in total. The van der Waals surface area contributed by atoms with Gasteiger partial charge in [-0.25, -0.2) is 4.39 Å². The van der Waals surface area contributed by atoms with Crippen LogP contribution in [0.3, 0.4) is 0 Å². The lowest BCUT2D eigenvalue weighted by Gasteiger charge is -2.37. The van der Waals surface area contributed by atoms with Crippen LogP contribution in [0.2, 0.25) is 0 Å². The van der Waals surface area contributed by atoms with Crippen LogP contribution in [-0.4, -0.2) is 35.3 Å². The largest absolute Gasteiger partial charge is 0.341 e. The molecule has 1 aromatic carbocycles. The van der Waals surface area contributed by atoms with Gasteiger partial charge in [-0.1, -0.05) is 12.1 Å². The fraction of sp³-hybridized carbons (Fsp3) is 0.429. The molecule has 0 bridgehead atoms. The summed E-state index contributed by atoms with van der Waals surface area (Å²) in [7, 11) is 0. The van der Waals surface area contributed by atoms with E-state index in [1.807, 2.05) is 6.07 Å². The molecule has 0 unspecified atom stereocenters. The first-order valence-electron chi connectivity index (χ1n) is 6.23. The van der Waals surface area contributed by atoms with Gasteiger partial charge in [-0.15, -0.1) is 0 Å². The Morgan fingerprint density at radius 1 is 1.37 bits per heavy atom. The second-order valence-electron chi connectivity index (χ2n) is 5.28. The van der Waals surface area contributed by atoms with Crippen LogP contribution in [-0.2, 0) is 16.0 Å². The number of nitrogens with one attached hydrogen (secondary N) is 1. The number of carbonyl (C=O) groups is 2. The quantitative estimate of drug-likeness (QED) is 0.889. The van der Waals surface area contributed by atoms with E-state index < -0.39 is 5.54 Å². The van der Waals surface area contributed by atoms with Crippen molar-refractivity contribution in [2.45, 2.75) is 25.8 Å². The van der Waals surface area contributed by atoms with E-state index in [9.17, 15) is 14.0 Å². The molecular weight excluding hydrogens is 247 g/mol. The average Bonchev–Trinajstić information content (AvgIpc) is 2.31. The number of piperazine rings is 1. The Balaban J connectivity index is 2.02. The summed E-state index contributed by atoms with van der Waals surface area (Å²) in [6.07, 6.45) is 0.535.